The largest absolute Gasteiger partial charge is 0.411 e. The van der Waals surface area contributed by atoms with Crippen LogP contribution in [-0.2, 0) is 5.41 Å². The Morgan fingerprint density at radius 3 is 1.91 bits per heavy atom. The molecule has 1 unspecified atom stereocenters. The Balaban J connectivity index is 2.47. The van der Waals surface area contributed by atoms with Crippen molar-refractivity contribution in [1.29, 1.82) is 5.26 Å². The van der Waals surface area contributed by atoms with Crippen LogP contribution in [-0.4, -0.2) is 12.0 Å². The number of nitrogens with zero attached hydrogens (tertiary/aromatic N) is 1. The van der Waals surface area contributed by atoms with Crippen LogP contribution in [0.5, 0.6) is 0 Å². The van der Waals surface area contributed by atoms with Gasteiger partial charge in [-0.05, 0) is 5.56 Å². The van der Waals surface area contributed by atoms with Gasteiger partial charge in [-0.25, -0.2) is 0 Å². The number of hydrogen-bond donors (Lipinski definition) is 0. The molecule has 2 nitrogen and oxygen atoms in total. The fraction of sp³-hybridized carbons (Fsp3) is 0.176. The second-order valence-electron chi connectivity index (χ2n) is 4.85. The predicted molar refractivity (Wildman–Crippen MR) is 75.2 cm³/mol. The SMILES string of the molecule is N#CC(CC(=O)c1ccccc1)(c1ccccc1)C(F)(F)F. The lowest BCUT2D eigenvalue weighted by Crippen LogP contribution is -2.43. The third kappa shape index (κ3) is 2.86. The number of carbonyl (C=O) groups is 1. The summed E-state index contributed by atoms with van der Waals surface area (Å²) in [6, 6.07) is 15.8. The lowest BCUT2D eigenvalue weighted by atomic mass is 9.76. The summed E-state index contributed by atoms with van der Waals surface area (Å²) in [4.78, 5) is 12.2. The van der Waals surface area contributed by atoms with Gasteiger partial charge in [0.15, 0.2) is 11.2 Å². The number of carbonyl (C=O) groups excluding carboxylic acids is 1. The molecule has 2 rings (SSSR count). The molecule has 2 aromatic rings. The van der Waals surface area contributed by atoms with Crippen molar-refractivity contribution in [3.8, 4) is 6.07 Å². The van der Waals surface area contributed by atoms with Gasteiger partial charge in [0.25, 0.3) is 0 Å². The maximum Gasteiger partial charge on any atom is 0.411 e. The number of benzene rings is 2. The summed E-state index contributed by atoms with van der Waals surface area (Å²) < 4.78 is 40.7. The molecule has 0 saturated carbocycles. The van der Waals surface area contributed by atoms with Crippen LogP contribution in [0.3, 0.4) is 0 Å². The summed E-state index contributed by atoms with van der Waals surface area (Å²) in [5, 5.41) is 9.24. The van der Waals surface area contributed by atoms with E-state index in [0.29, 0.717) is 0 Å². The zero-order valence-electron chi connectivity index (χ0n) is 11.5. The van der Waals surface area contributed by atoms with Crippen molar-refractivity contribution in [1.82, 2.24) is 0 Å². The number of rotatable bonds is 4. The minimum absolute atomic E-state index is 0.155. The molecule has 0 radical (unpaired) electrons. The van der Waals surface area contributed by atoms with E-state index in [2.05, 4.69) is 0 Å². The molecule has 0 saturated heterocycles. The summed E-state index contributed by atoms with van der Waals surface area (Å²) in [7, 11) is 0. The van der Waals surface area contributed by atoms with Crippen molar-refractivity contribution < 1.29 is 18.0 Å². The first-order valence-corrected chi connectivity index (χ1v) is 6.52. The number of Topliss-reactive ketones (excluding diaryl/α,β-unsaturated/α-hetero) is 1. The fourth-order valence-electron chi connectivity index (χ4n) is 2.22. The summed E-state index contributed by atoms with van der Waals surface area (Å²) in [6.45, 7) is 0. The van der Waals surface area contributed by atoms with Crippen LogP contribution < -0.4 is 0 Å². The predicted octanol–water partition coefficient (Wildman–Crippen LogP) is 4.28. The molecule has 0 bridgehead atoms. The molecule has 0 aliphatic heterocycles. The topological polar surface area (TPSA) is 40.9 Å². The average Bonchev–Trinajstić information content (AvgIpc) is 2.53. The van der Waals surface area contributed by atoms with Crippen LogP contribution in [0.15, 0.2) is 60.7 Å². The van der Waals surface area contributed by atoms with Gasteiger partial charge in [-0.15, -0.1) is 0 Å². The highest BCUT2D eigenvalue weighted by molar-refractivity contribution is 5.97. The number of halogens is 3. The van der Waals surface area contributed by atoms with Gasteiger partial charge < -0.3 is 0 Å². The van der Waals surface area contributed by atoms with Crippen LogP contribution in [0.25, 0.3) is 0 Å². The molecule has 0 aromatic heterocycles. The molecule has 0 aliphatic rings. The molecule has 0 spiro atoms. The first kappa shape index (κ1) is 15.8. The van der Waals surface area contributed by atoms with Gasteiger partial charge in [0.1, 0.15) is 0 Å². The smallest absolute Gasteiger partial charge is 0.294 e. The van der Waals surface area contributed by atoms with Crippen LogP contribution >= 0.6 is 0 Å². The molecule has 0 heterocycles. The van der Waals surface area contributed by atoms with Crippen molar-refractivity contribution in [2.75, 3.05) is 0 Å². The van der Waals surface area contributed by atoms with Crippen LogP contribution in [0.4, 0.5) is 13.2 Å². The molecule has 0 fully saturated rings. The van der Waals surface area contributed by atoms with Gasteiger partial charge >= 0.3 is 6.18 Å². The van der Waals surface area contributed by atoms with Gasteiger partial charge in [0.2, 0.25) is 0 Å². The monoisotopic (exact) mass is 303 g/mol. The van der Waals surface area contributed by atoms with Crippen LogP contribution in [0.2, 0.25) is 0 Å². The standard InChI is InChI=1S/C17H12F3NO/c18-17(19,20)16(12-21,14-9-5-2-6-10-14)11-15(22)13-7-3-1-4-8-13/h1-10H,11H2. The maximum absolute atomic E-state index is 13.6. The van der Waals surface area contributed by atoms with E-state index in [9.17, 15) is 23.2 Å². The number of hydrogen-bond acceptors (Lipinski definition) is 2. The Hall–Kier alpha value is -2.61. The van der Waals surface area contributed by atoms with Gasteiger partial charge in [-0.1, -0.05) is 60.7 Å². The van der Waals surface area contributed by atoms with E-state index in [1.807, 2.05) is 0 Å². The maximum atomic E-state index is 13.6. The normalized spacial score (nSPS) is 13.9. The van der Waals surface area contributed by atoms with E-state index >= 15 is 0 Å². The third-order valence-electron chi connectivity index (χ3n) is 3.46. The molecule has 0 N–H and O–H groups in total. The van der Waals surface area contributed by atoms with E-state index in [0.717, 1.165) is 0 Å². The third-order valence-corrected chi connectivity index (χ3v) is 3.46. The zero-order valence-corrected chi connectivity index (χ0v) is 11.5. The van der Waals surface area contributed by atoms with Crippen molar-refractivity contribution in [2.24, 2.45) is 0 Å². The number of alkyl halides is 3. The highest BCUT2D eigenvalue weighted by atomic mass is 19.4. The quantitative estimate of drug-likeness (QED) is 0.791. The molecular formula is C17H12F3NO. The molecule has 112 valence electrons. The van der Waals surface area contributed by atoms with Crippen molar-refractivity contribution in [3.05, 3.63) is 71.8 Å². The van der Waals surface area contributed by atoms with Gasteiger partial charge in [0, 0.05) is 12.0 Å². The molecule has 0 aliphatic carbocycles. The molecule has 22 heavy (non-hydrogen) atoms. The van der Waals surface area contributed by atoms with E-state index in [1.54, 1.807) is 24.3 Å². The summed E-state index contributed by atoms with van der Waals surface area (Å²) in [5.41, 5.74) is -2.92. The average molecular weight is 303 g/mol. The first-order chi connectivity index (χ1) is 10.4. The van der Waals surface area contributed by atoms with Crippen LogP contribution in [0.1, 0.15) is 22.3 Å². The summed E-state index contributed by atoms with van der Waals surface area (Å²) in [6.07, 6.45) is -5.80. The molecule has 2 aromatic carbocycles. The Labute approximate surface area is 125 Å². The number of ketones is 1. The molecule has 1 atom stereocenters. The van der Waals surface area contributed by atoms with E-state index < -0.39 is 23.8 Å². The Bertz CT molecular complexity index is 689. The fourth-order valence-corrected chi connectivity index (χ4v) is 2.22. The van der Waals surface area contributed by atoms with Gasteiger partial charge in [0.05, 0.1) is 6.07 Å². The summed E-state index contributed by atoms with van der Waals surface area (Å²) >= 11 is 0. The lowest BCUT2D eigenvalue weighted by Gasteiger charge is -2.29. The Morgan fingerprint density at radius 2 is 1.45 bits per heavy atom. The van der Waals surface area contributed by atoms with E-state index in [4.69, 9.17) is 0 Å². The molecular weight excluding hydrogens is 291 g/mol. The minimum Gasteiger partial charge on any atom is -0.294 e. The minimum atomic E-state index is -4.85. The first-order valence-electron chi connectivity index (χ1n) is 6.52. The van der Waals surface area contributed by atoms with Crippen molar-refractivity contribution >= 4 is 5.78 Å². The van der Waals surface area contributed by atoms with E-state index in [1.165, 1.54) is 42.5 Å². The van der Waals surface area contributed by atoms with Crippen LogP contribution in [0, 0.1) is 11.3 Å². The van der Waals surface area contributed by atoms with Crippen molar-refractivity contribution in [2.45, 2.75) is 18.0 Å². The van der Waals surface area contributed by atoms with Gasteiger partial charge in [-0.3, -0.25) is 4.79 Å². The molecule has 0 amide bonds. The van der Waals surface area contributed by atoms with E-state index in [-0.39, 0.29) is 11.1 Å². The summed E-state index contributed by atoms with van der Waals surface area (Å²) in [5.74, 6) is -0.719. The van der Waals surface area contributed by atoms with Gasteiger partial charge in [-0.2, -0.15) is 18.4 Å². The second-order valence-corrected chi connectivity index (χ2v) is 4.85. The molecule has 5 heteroatoms. The zero-order chi connectivity index (χ0) is 16.2. The number of nitriles is 1. The highest BCUT2D eigenvalue weighted by Gasteiger charge is 2.57. The highest BCUT2D eigenvalue weighted by Crippen LogP contribution is 2.44. The second kappa shape index (κ2) is 6.02. The Morgan fingerprint density at radius 1 is 0.955 bits per heavy atom. The Kier molecular flexibility index (Phi) is 4.32. The van der Waals surface area contributed by atoms with Crippen molar-refractivity contribution in [3.63, 3.8) is 0 Å². The lowest BCUT2D eigenvalue weighted by molar-refractivity contribution is -0.172.